The molecule has 0 heterocycles. The summed E-state index contributed by atoms with van der Waals surface area (Å²) in [6.45, 7) is 0. The highest BCUT2D eigenvalue weighted by Crippen LogP contribution is 2.24. The fourth-order valence-electron chi connectivity index (χ4n) is 1.53. The summed E-state index contributed by atoms with van der Waals surface area (Å²) in [7, 11) is 5.03. The minimum atomic E-state index is 0.761. The molecule has 2 aromatic rings. The molecule has 0 amide bonds. The highest BCUT2D eigenvalue weighted by atomic mass is 16.5. The van der Waals surface area contributed by atoms with Gasteiger partial charge in [0.15, 0.2) is 0 Å². The van der Waals surface area contributed by atoms with Crippen molar-refractivity contribution >= 4 is 0 Å². The summed E-state index contributed by atoms with van der Waals surface area (Å²) in [6.07, 6.45) is 0. The van der Waals surface area contributed by atoms with Crippen molar-refractivity contribution in [2.75, 3.05) is 7.11 Å². The first kappa shape index (κ1) is 10.6. The molecule has 0 aliphatic heterocycles. The summed E-state index contributed by atoms with van der Waals surface area (Å²) in [5, 5.41) is 0. The van der Waals surface area contributed by atoms with Gasteiger partial charge in [-0.3, -0.25) is 0 Å². The van der Waals surface area contributed by atoms with Gasteiger partial charge in [-0.1, -0.05) is 24.3 Å². The zero-order valence-corrected chi connectivity index (χ0v) is 9.14. The maximum absolute atomic E-state index is 5.11. The molecule has 16 heavy (non-hydrogen) atoms. The van der Waals surface area contributed by atoms with Gasteiger partial charge in [0.05, 0.1) is 7.11 Å². The van der Waals surface area contributed by atoms with E-state index in [1.807, 2.05) is 48.5 Å². The summed E-state index contributed by atoms with van der Waals surface area (Å²) in [5.74, 6) is 1.62. The van der Waals surface area contributed by atoms with Gasteiger partial charge in [0, 0.05) is 0 Å². The van der Waals surface area contributed by atoms with Crippen LogP contribution in [-0.4, -0.2) is 7.11 Å². The van der Waals surface area contributed by atoms with Gasteiger partial charge in [0.1, 0.15) is 18.6 Å². The van der Waals surface area contributed by atoms with E-state index in [4.69, 9.17) is 9.47 Å². The monoisotopic (exact) mass is 213 g/mol. The molecule has 2 nitrogen and oxygen atoms in total. The normalized spacial score (nSPS) is 9.88. The molecule has 0 fully saturated rings. The van der Waals surface area contributed by atoms with Crippen molar-refractivity contribution in [3.05, 3.63) is 55.6 Å². The van der Waals surface area contributed by atoms with Crippen LogP contribution in [0.15, 0.2) is 48.5 Å². The molecule has 0 spiro atoms. The predicted molar refractivity (Wildman–Crippen MR) is 64.4 cm³/mol. The van der Waals surface area contributed by atoms with Gasteiger partial charge in [-0.15, -0.1) is 0 Å². The summed E-state index contributed by atoms with van der Waals surface area (Å²) >= 11 is 0. The Morgan fingerprint density at radius 3 is 1.56 bits per heavy atom. The molecule has 0 saturated carbocycles. The molecular formula is C14H13O2. The first-order chi connectivity index (χ1) is 7.83. The van der Waals surface area contributed by atoms with Crippen molar-refractivity contribution in [2.24, 2.45) is 0 Å². The van der Waals surface area contributed by atoms with Crippen LogP contribution in [0.2, 0.25) is 0 Å². The number of hydrogen-bond acceptors (Lipinski definition) is 2. The number of hydrogen-bond donors (Lipinski definition) is 0. The molecule has 2 rings (SSSR count). The van der Waals surface area contributed by atoms with E-state index in [1.165, 1.54) is 0 Å². The predicted octanol–water partition coefficient (Wildman–Crippen LogP) is 3.53. The van der Waals surface area contributed by atoms with Gasteiger partial charge >= 0.3 is 0 Å². The Kier molecular flexibility index (Phi) is 3.10. The molecule has 0 saturated heterocycles. The average Bonchev–Trinajstić information content (AvgIpc) is 2.39. The van der Waals surface area contributed by atoms with Crippen LogP contribution < -0.4 is 9.47 Å². The van der Waals surface area contributed by atoms with Crippen LogP contribution in [0.1, 0.15) is 0 Å². The van der Waals surface area contributed by atoms with E-state index in [2.05, 4.69) is 7.11 Å². The van der Waals surface area contributed by atoms with Crippen molar-refractivity contribution in [2.45, 2.75) is 0 Å². The first-order valence-corrected chi connectivity index (χ1v) is 5.00. The zero-order chi connectivity index (χ0) is 11.4. The van der Waals surface area contributed by atoms with Gasteiger partial charge in [0.25, 0.3) is 0 Å². The van der Waals surface area contributed by atoms with Crippen LogP contribution in [0.3, 0.4) is 0 Å². The standard InChI is InChI=1S/C14H13O2/c1-15-13-7-3-11(4-8-13)12-5-9-14(16-2)10-6-12/h3-10H,1H2,2H3. The van der Waals surface area contributed by atoms with Gasteiger partial charge in [-0.05, 0) is 35.4 Å². The molecule has 0 atom stereocenters. The highest BCUT2D eigenvalue weighted by molar-refractivity contribution is 5.64. The molecule has 0 aliphatic carbocycles. The largest absolute Gasteiger partial charge is 0.497 e. The molecule has 0 aromatic heterocycles. The lowest BCUT2D eigenvalue weighted by Gasteiger charge is -2.04. The maximum atomic E-state index is 5.11. The van der Waals surface area contributed by atoms with Crippen molar-refractivity contribution < 1.29 is 9.47 Å². The second kappa shape index (κ2) is 4.71. The molecule has 2 heteroatoms. The van der Waals surface area contributed by atoms with E-state index < -0.39 is 0 Å². The minimum Gasteiger partial charge on any atom is -0.497 e. The van der Waals surface area contributed by atoms with E-state index in [9.17, 15) is 0 Å². The third-order valence-corrected chi connectivity index (χ3v) is 2.44. The number of benzene rings is 2. The lowest BCUT2D eigenvalue weighted by atomic mass is 10.1. The average molecular weight is 213 g/mol. The SMILES string of the molecule is [CH2]Oc1ccc(-c2ccc(OC)cc2)cc1. The van der Waals surface area contributed by atoms with E-state index >= 15 is 0 Å². The number of ether oxygens (including phenoxy) is 2. The van der Waals surface area contributed by atoms with Gasteiger partial charge in [0.2, 0.25) is 0 Å². The first-order valence-electron chi connectivity index (χ1n) is 5.00. The Bertz CT molecular complexity index is 398. The second-order valence-electron chi connectivity index (χ2n) is 3.40. The summed E-state index contributed by atoms with van der Waals surface area (Å²) < 4.78 is 9.98. The van der Waals surface area contributed by atoms with Gasteiger partial charge < -0.3 is 9.47 Å². The Balaban J connectivity index is 2.28. The van der Waals surface area contributed by atoms with Crippen molar-refractivity contribution in [1.29, 1.82) is 0 Å². The van der Waals surface area contributed by atoms with Crippen molar-refractivity contribution in [3.63, 3.8) is 0 Å². The number of rotatable bonds is 3. The van der Waals surface area contributed by atoms with Crippen LogP contribution in [-0.2, 0) is 0 Å². The van der Waals surface area contributed by atoms with Crippen molar-refractivity contribution in [3.8, 4) is 22.6 Å². The molecular weight excluding hydrogens is 200 g/mol. The fraction of sp³-hybridized carbons (Fsp3) is 0.0714. The van der Waals surface area contributed by atoms with Crippen molar-refractivity contribution in [1.82, 2.24) is 0 Å². The lowest BCUT2D eigenvalue weighted by Crippen LogP contribution is -1.83. The smallest absolute Gasteiger partial charge is 0.122 e. The Morgan fingerprint density at radius 1 is 0.750 bits per heavy atom. The quantitative estimate of drug-likeness (QED) is 0.776. The summed E-state index contributed by atoms with van der Waals surface area (Å²) in [5.41, 5.74) is 2.29. The third kappa shape index (κ3) is 2.16. The van der Waals surface area contributed by atoms with Crippen LogP contribution in [0.5, 0.6) is 11.5 Å². The third-order valence-electron chi connectivity index (χ3n) is 2.44. The molecule has 0 unspecified atom stereocenters. The van der Waals surface area contributed by atoms with Gasteiger partial charge in [-0.2, -0.15) is 0 Å². The Morgan fingerprint density at radius 2 is 1.19 bits per heavy atom. The molecule has 1 radical (unpaired) electrons. The second-order valence-corrected chi connectivity index (χ2v) is 3.40. The molecule has 81 valence electrons. The van der Waals surface area contributed by atoms with Gasteiger partial charge in [-0.25, -0.2) is 0 Å². The molecule has 0 bridgehead atoms. The highest BCUT2D eigenvalue weighted by Gasteiger charge is 1.98. The maximum Gasteiger partial charge on any atom is 0.122 e. The minimum absolute atomic E-state index is 0.761. The summed E-state index contributed by atoms with van der Waals surface area (Å²) in [6, 6.07) is 15.7. The zero-order valence-electron chi connectivity index (χ0n) is 9.14. The number of methoxy groups -OCH3 is 1. The molecule has 2 aromatic carbocycles. The molecule has 0 N–H and O–H groups in total. The summed E-state index contributed by atoms with van der Waals surface area (Å²) in [4.78, 5) is 0. The Labute approximate surface area is 95.4 Å². The Hall–Kier alpha value is -1.96. The van der Waals surface area contributed by atoms with E-state index in [0.29, 0.717) is 0 Å². The van der Waals surface area contributed by atoms with Crippen LogP contribution in [0, 0.1) is 7.11 Å². The van der Waals surface area contributed by atoms with Crippen LogP contribution in [0.25, 0.3) is 11.1 Å². The van der Waals surface area contributed by atoms with E-state index in [1.54, 1.807) is 7.11 Å². The van der Waals surface area contributed by atoms with Crippen LogP contribution in [0.4, 0.5) is 0 Å². The van der Waals surface area contributed by atoms with E-state index in [-0.39, 0.29) is 0 Å². The van der Waals surface area contributed by atoms with Crippen LogP contribution >= 0.6 is 0 Å². The topological polar surface area (TPSA) is 18.5 Å². The fourth-order valence-corrected chi connectivity index (χ4v) is 1.53. The van der Waals surface area contributed by atoms with E-state index in [0.717, 1.165) is 22.6 Å². The lowest BCUT2D eigenvalue weighted by molar-refractivity contribution is 0.415. The molecule has 0 aliphatic rings.